The average Bonchev–Trinajstić information content (AvgIpc) is 1.89. The largest absolute Gasteiger partial charge is 0.297 e. The lowest BCUT2D eigenvalue weighted by molar-refractivity contribution is 1.37. The molecule has 46 valence electrons. The van der Waals surface area contributed by atoms with Crippen LogP contribution in [0.3, 0.4) is 0 Å². The van der Waals surface area contributed by atoms with Gasteiger partial charge in [0.2, 0.25) is 0 Å². The van der Waals surface area contributed by atoms with E-state index in [4.69, 9.17) is 5.41 Å². The van der Waals surface area contributed by atoms with Crippen molar-refractivity contribution in [3.8, 4) is 0 Å². The smallest absolute Gasteiger partial charge is 0.116 e. The van der Waals surface area contributed by atoms with Crippen molar-refractivity contribution in [1.82, 2.24) is 0 Å². The highest BCUT2D eigenvalue weighted by molar-refractivity contribution is 6.38. The van der Waals surface area contributed by atoms with E-state index in [0.29, 0.717) is 11.4 Å². The van der Waals surface area contributed by atoms with E-state index in [1.165, 1.54) is 12.6 Å². The Morgan fingerprint density at radius 2 is 2.44 bits per heavy atom. The SMILES string of the molecule is C/C=C1/N=CN=CC1=N. The van der Waals surface area contributed by atoms with Crippen LogP contribution in [0.5, 0.6) is 0 Å². The van der Waals surface area contributed by atoms with Gasteiger partial charge < -0.3 is 0 Å². The lowest BCUT2D eigenvalue weighted by atomic mass is 10.3. The number of hydrogen-bond donors (Lipinski definition) is 1. The van der Waals surface area contributed by atoms with Gasteiger partial charge in [0, 0.05) is 0 Å². The molecule has 9 heavy (non-hydrogen) atoms. The molecule has 0 aliphatic carbocycles. The summed E-state index contributed by atoms with van der Waals surface area (Å²) in [5.74, 6) is 0. The third kappa shape index (κ3) is 1.10. The summed E-state index contributed by atoms with van der Waals surface area (Å²) in [5, 5.41) is 7.21. The molecule has 1 aliphatic rings. The topological polar surface area (TPSA) is 48.6 Å². The standard InChI is InChI=1S/C6H7N3/c1-2-6-5(7)3-8-4-9-6/h2-4,7H,1H3/b6-2+,7-5?. The normalized spacial score (nSPS) is 21.4. The van der Waals surface area contributed by atoms with Gasteiger partial charge in [0.05, 0.1) is 17.6 Å². The highest BCUT2D eigenvalue weighted by atomic mass is 14.9. The zero-order chi connectivity index (χ0) is 6.69. The summed E-state index contributed by atoms with van der Waals surface area (Å²) in [6.45, 7) is 1.85. The Morgan fingerprint density at radius 1 is 1.67 bits per heavy atom. The summed E-state index contributed by atoms with van der Waals surface area (Å²) >= 11 is 0. The Hall–Kier alpha value is -1.25. The van der Waals surface area contributed by atoms with Crippen LogP contribution in [0.15, 0.2) is 21.8 Å². The highest BCUT2D eigenvalue weighted by Gasteiger charge is 1.99. The van der Waals surface area contributed by atoms with Crippen molar-refractivity contribution in [2.45, 2.75) is 6.92 Å². The molecule has 0 saturated heterocycles. The van der Waals surface area contributed by atoms with Gasteiger partial charge in [-0.3, -0.25) is 5.41 Å². The Kier molecular flexibility index (Phi) is 1.53. The van der Waals surface area contributed by atoms with Gasteiger partial charge in [0.15, 0.2) is 0 Å². The molecular formula is C6H7N3. The van der Waals surface area contributed by atoms with E-state index in [-0.39, 0.29) is 0 Å². The van der Waals surface area contributed by atoms with Gasteiger partial charge in [-0.15, -0.1) is 0 Å². The summed E-state index contributed by atoms with van der Waals surface area (Å²) < 4.78 is 0. The molecule has 0 aromatic rings. The van der Waals surface area contributed by atoms with Crippen LogP contribution in [0.25, 0.3) is 0 Å². The number of rotatable bonds is 0. The van der Waals surface area contributed by atoms with Gasteiger partial charge in [-0.2, -0.15) is 0 Å². The minimum Gasteiger partial charge on any atom is -0.297 e. The van der Waals surface area contributed by atoms with Gasteiger partial charge in [0.1, 0.15) is 6.34 Å². The Balaban J connectivity index is 2.91. The predicted octanol–water partition coefficient (Wildman–Crippen LogP) is 1.02. The molecule has 3 nitrogen and oxygen atoms in total. The summed E-state index contributed by atoms with van der Waals surface area (Å²) in [4.78, 5) is 7.52. The van der Waals surface area contributed by atoms with E-state index in [1.807, 2.05) is 6.92 Å². The van der Waals surface area contributed by atoms with Crippen LogP contribution in [-0.4, -0.2) is 18.3 Å². The van der Waals surface area contributed by atoms with Crippen LogP contribution in [0, 0.1) is 5.41 Å². The molecule has 1 rings (SSSR count). The van der Waals surface area contributed by atoms with E-state index in [2.05, 4.69) is 9.98 Å². The quantitative estimate of drug-likeness (QED) is 0.497. The molecule has 0 aromatic heterocycles. The Morgan fingerprint density at radius 3 is 2.89 bits per heavy atom. The molecule has 0 unspecified atom stereocenters. The predicted molar refractivity (Wildman–Crippen MR) is 38.5 cm³/mol. The van der Waals surface area contributed by atoms with Gasteiger partial charge >= 0.3 is 0 Å². The van der Waals surface area contributed by atoms with Crippen molar-refractivity contribution < 1.29 is 0 Å². The molecule has 1 aliphatic heterocycles. The molecule has 0 aromatic carbocycles. The zero-order valence-electron chi connectivity index (χ0n) is 5.13. The summed E-state index contributed by atoms with van der Waals surface area (Å²) in [7, 11) is 0. The Labute approximate surface area is 53.3 Å². The molecule has 0 spiro atoms. The van der Waals surface area contributed by atoms with E-state index in [9.17, 15) is 0 Å². The number of nitrogens with one attached hydrogen (secondary N) is 1. The third-order valence-electron chi connectivity index (χ3n) is 1.02. The zero-order valence-corrected chi connectivity index (χ0v) is 5.13. The fraction of sp³-hybridized carbons (Fsp3) is 0.167. The molecule has 1 heterocycles. The molecule has 0 bridgehead atoms. The minimum absolute atomic E-state index is 0.375. The number of hydrogen-bond acceptors (Lipinski definition) is 3. The summed E-state index contributed by atoms with van der Waals surface area (Å²) in [5.41, 5.74) is 1.06. The second-order valence-corrected chi connectivity index (χ2v) is 1.61. The molecule has 0 fully saturated rings. The molecular weight excluding hydrogens is 114 g/mol. The second-order valence-electron chi connectivity index (χ2n) is 1.61. The van der Waals surface area contributed by atoms with Crippen LogP contribution in [0.4, 0.5) is 0 Å². The van der Waals surface area contributed by atoms with Crippen molar-refractivity contribution in [1.29, 1.82) is 5.41 Å². The van der Waals surface area contributed by atoms with Gasteiger partial charge in [-0.25, -0.2) is 9.98 Å². The summed E-state index contributed by atoms with van der Waals surface area (Å²) in [6, 6.07) is 0. The van der Waals surface area contributed by atoms with Crippen molar-refractivity contribution in [3.05, 3.63) is 11.8 Å². The first kappa shape index (κ1) is 5.88. The first-order chi connectivity index (χ1) is 4.34. The summed E-state index contributed by atoms with van der Waals surface area (Å²) in [6.07, 6.45) is 4.69. The molecule has 3 heteroatoms. The average molecular weight is 121 g/mol. The number of nitrogens with zero attached hydrogens (tertiary/aromatic N) is 2. The minimum atomic E-state index is 0.375. The van der Waals surface area contributed by atoms with Crippen LogP contribution in [0.1, 0.15) is 6.92 Å². The molecule has 0 radical (unpaired) electrons. The van der Waals surface area contributed by atoms with E-state index in [0.717, 1.165) is 0 Å². The third-order valence-corrected chi connectivity index (χ3v) is 1.02. The number of aliphatic imine (C=N–C) groups is 2. The van der Waals surface area contributed by atoms with Crippen LogP contribution < -0.4 is 0 Å². The van der Waals surface area contributed by atoms with E-state index < -0.39 is 0 Å². The maximum Gasteiger partial charge on any atom is 0.116 e. The first-order valence-corrected chi connectivity index (χ1v) is 2.65. The van der Waals surface area contributed by atoms with Crippen molar-refractivity contribution in [2.24, 2.45) is 9.98 Å². The monoisotopic (exact) mass is 121 g/mol. The number of allylic oxidation sites excluding steroid dienone is 2. The highest BCUT2D eigenvalue weighted by Crippen LogP contribution is 1.99. The molecule has 1 N–H and O–H groups in total. The van der Waals surface area contributed by atoms with Crippen molar-refractivity contribution >= 4 is 18.3 Å². The maximum atomic E-state index is 7.21. The first-order valence-electron chi connectivity index (χ1n) is 2.65. The molecule has 0 atom stereocenters. The maximum absolute atomic E-state index is 7.21. The van der Waals surface area contributed by atoms with Crippen molar-refractivity contribution in [2.75, 3.05) is 0 Å². The molecule has 0 amide bonds. The fourth-order valence-electron chi connectivity index (χ4n) is 0.569. The van der Waals surface area contributed by atoms with Crippen LogP contribution in [0.2, 0.25) is 0 Å². The van der Waals surface area contributed by atoms with Gasteiger partial charge in [0.25, 0.3) is 0 Å². The van der Waals surface area contributed by atoms with Gasteiger partial charge in [-0.1, -0.05) is 6.08 Å². The second kappa shape index (κ2) is 2.35. The fourth-order valence-corrected chi connectivity index (χ4v) is 0.569. The van der Waals surface area contributed by atoms with Crippen molar-refractivity contribution in [3.63, 3.8) is 0 Å². The van der Waals surface area contributed by atoms with Crippen LogP contribution >= 0.6 is 0 Å². The van der Waals surface area contributed by atoms with Crippen LogP contribution in [-0.2, 0) is 0 Å². The Bertz CT molecular complexity index is 210. The van der Waals surface area contributed by atoms with E-state index >= 15 is 0 Å². The van der Waals surface area contributed by atoms with Gasteiger partial charge in [-0.05, 0) is 6.92 Å². The van der Waals surface area contributed by atoms with E-state index in [1.54, 1.807) is 6.08 Å². The lowest BCUT2D eigenvalue weighted by Gasteiger charge is -1.98. The lowest BCUT2D eigenvalue weighted by Crippen LogP contribution is -2.04. The molecule has 0 saturated carbocycles.